The fraction of sp³-hybridized carbons (Fsp3) is 0.205. The Balaban J connectivity index is 0.000000360. The lowest BCUT2D eigenvalue weighted by Gasteiger charge is -2.27. The monoisotopic (exact) mass is 786 g/mol. The highest BCUT2D eigenvalue weighted by atomic mass is 19.1. The molecule has 1 fully saturated rings. The zero-order valence-electron chi connectivity index (χ0n) is 29.8. The van der Waals surface area contributed by atoms with Crippen LogP contribution in [0.3, 0.4) is 0 Å². The number of hydrogen-bond donors (Lipinski definition) is 2. The highest BCUT2D eigenvalue weighted by molar-refractivity contribution is 5.92. The molecule has 5 heterocycles. The van der Waals surface area contributed by atoms with Crippen LogP contribution >= 0.6 is 0 Å². The van der Waals surface area contributed by atoms with E-state index in [2.05, 4.69) is 24.7 Å². The number of carbonyl (C=O) groups is 2. The van der Waals surface area contributed by atoms with E-state index in [0.717, 1.165) is 36.9 Å². The Morgan fingerprint density at radius 2 is 1.72 bits per heavy atom. The van der Waals surface area contributed by atoms with Gasteiger partial charge in [0.2, 0.25) is 0 Å². The van der Waals surface area contributed by atoms with Gasteiger partial charge in [-0.3, -0.25) is 19.7 Å². The van der Waals surface area contributed by atoms with Crippen LogP contribution in [0.15, 0.2) is 73.2 Å². The van der Waals surface area contributed by atoms with Crippen LogP contribution in [0.2, 0.25) is 0 Å². The summed E-state index contributed by atoms with van der Waals surface area (Å²) in [7, 11) is 1.21. The van der Waals surface area contributed by atoms with E-state index < -0.39 is 35.2 Å². The Hall–Kier alpha value is -7.13. The second-order valence-corrected chi connectivity index (χ2v) is 12.3. The molecule has 0 saturated carbocycles. The molecular weight excluding hydrogens is 756 g/mol. The van der Waals surface area contributed by atoms with Crippen LogP contribution in [0.1, 0.15) is 45.2 Å². The first kappa shape index (κ1) is 39.6. The van der Waals surface area contributed by atoms with Crippen molar-refractivity contribution in [3.63, 3.8) is 0 Å². The normalized spacial score (nSPS) is 13.2. The lowest BCUT2D eigenvalue weighted by molar-refractivity contribution is -0.139. The molecule has 14 nitrogen and oxygen atoms in total. The summed E-state index contributed by atoms with van der Waals surface area (Å²) in [5.41, 5.74) is 0.580. The third-order valence-electron chi connectivity index (χ3n) is 8.43. The van der Waals surface area contributed by atoms with Crippen molar-refractivity contribution in [2.45, 2.75) is 38.5 Å². The third-order valence-corrected chi connectivity index (χ3v) is 8.43. The predicted octanol–water partition coefficient (Wildman–Crippen LogP) is 6.21. The Labute approximate surface area is 320 Å². The topological polar surface area (TPSA) is 192 Å². The molecule has 0 bridgehead atoms. The fourth-order valence-electron chi connectivity index (χ4n) is 5.48. The summed E-state index contributed by atoms with van der Waals surface area (Å²) in [5.74, 6) is -4.36. The zero-order valence-corrected chi connectivity index (χ0v) is 29.8. The first-order chi connectivity index (χ1) is 27.4. The van der Waals surface area contributed by atoms with Gasteiger partial charge in [0.05, 0.1) is 84.8 Å². The number of ether oxygens (including phenoxy) is 4. The van der Waals surface area contributed by atoms with E-state index in [9.17, 15) is 27.9 Å². The van der Waals surface area contributed by atoms with Crippen molar-refractivity contribution in [1.29, 1.82) is 5.26 Å². The molecule has 0 amide bonds. The van der Waals surface area contributed by atoms with Gasteiger partial charge in [-0.25, -0.2) is 27.3 Å². The molecule has 0 spiro atoms. The molecule has 57 heavy (non-hydrogen) atoms. The highest BCUT2D eigenvalue weighted by Crippen LogP contribution is 2.28. The maximum atomic E-state index is 15.3. The molecule has 4 aromatic heterocycles. The van der Waals surface area contributed by atoms with Gasteiger partial charge < -0.3 is 33.7 Å². The third kappa shape index (κ3) is 9.76. The molecule has 6 aromatic rings. The van der Waals surface area contributed by atoms with Gasteiger partial charge in [0.15, 0.2) is 17.4 Å². The number of carboxylic acids is 1. The van der Waals surface area contributed by atoms with Crippen molar-refractivity contribution in [1.82, 2.24) is 24.5 Å². The maximum Gasteiger partial charge on any atom is 0.335 e. The van der Waals surface area contributed by atoms with Crippen molar-refractivity contribution in [2.75, 3.05) is 13.7 Å². The molecule has 2 N–H and O–H groups in total. The number of aromatic nitrogens is 5. The Bertz CT molecular complexity index is 2510. The van der Waals surface area contributed by atoms with Crippen LogP contribution in [0.25, 0.3) is 11.0 Å². The minimum absolute atomic E-state index is 0.0237. The summed E-state index contributed by atoms with van der Waals surface area (Å²) in [6, 6.07) is 13.1. The van der Waals surface area contributed by atoms with Crippen LogP contribution in [0, 0.1) is 34.6 Å². The van der Waals surface area contributed by atoms with E-state index in [1.165, 1.54) is 43.8 Å². The number of hydrogen-bond acceptors (Lipinski definition) is 12. The number of methoxy groups -OCH3 is 1. The van der Waals surface area contributed by atoms with Gasteiger partial charge in [-0.15, -0.1) is 0 Å². The number of benzene rings is 2. The SMILES string of the molecule is COC(=O)Cc1ncc(O)cc1F.N#Cc1ccc(OCc2cc(Oc3cnc(Cc4nc5c(F)cc(C(=O)O)cc5n4C[C@@H]4CCO4)c(F)c3)ccn2)c(F)c1. The van der Waals surface area contributed by atoms with Crippen LogP contribution in [0.4, 0.5) is 17.6 Å². The van der Waals surface area contributed by atoms with Crippen LogP contribution in [-0.4, -0.2) is 66.5 Å². The molecule has 0 aliphatic carbocycles. The largest absolute Gasteiger partial charge is 0.506 e. The van der Waals surface area contributed by atoms with Crippen molar-refractivity contribution < 1.29 is 56.3 Å². The van der Waals surface area contributed by atoms with E-state index >= 15 is 4.39 Å². The van der Waals surface area contributed by atoms with E-state index in [-0.39, 0.29) is 76.3 Å². The van der Waals surface area contributed by atoms with Gasteiger partial charge in [-0.2, -0.15) is 5.26 Å². The van der Waals surface area contributed by atoms with Gasteiger partial charge in [0.25, 0.3) is 0 Å². The number of rotatable bonds is 12. The van der Waals surface area contributed by atoms with Crippen molar-refractivity contribution in [2.24, 2.45) is 0 Å². The molecule has 1 aliphatic rings. The zero-order chi connectivity index (χ0) is 40.6. The first-order valence-electron chi connectivity index (χ1n) is 16.9. The van der Waals surface area contributed by atoms with Gasteiger partial charge in [0.1, 0.15) is 46.8 Å². The van der Waals surface area contributed by atoms with E-state index in [0.29, 0.717) is 30.4 Å². The summed E-state index contributed by atoms with van der Waals surface area (Å²) < 4.78 is 79.8. The van der Waals surface area contributed by atoms with E-state index in [1.54, 1.807) is 10.6 Å². The number of pyridine rings is 3. The Morgan fingerprint density at radius 3 is 2.39 bits per heavy atom. The van der Waals surface area contributed by atoms with Crippen LogP contribution < -0.4 is 9.47 Å². The molecule has 0 unspecified atom stereocenters. The number of halogens is 4. The average Bonchev–Trinajstić information content (AvgIpc) is 3.52. The average molecular weight is 787 g/mol. The minimum Gasteiger partial charge on any atom is -0.506 e. The fourth-order valence-corrected chi connectivity index (χ4v) is 5.48. The smallest absolute Gasteiger partial charge is 0.335 e. The predicted molar refractivity (Wildman–Crippen MR) is 189 cm³/mol. The van der Waals surface area contributed by atoms with Crippen molar-refractivity contribution >= 4 is 23.0 Å². The summed E-state index contributed by atoms with van der Waals surface area (Å²) in [4.78, 5) is 38.5. The maximum absolute atomic E-state index is 15.3. The summed E-state index contributed by atoms with van der Waals surface area (Å²) in [6.07, 6.45) is 4.13. The van der Waals surface area contributed by atoms with Crippen LogP contribution in [-0.2, 0) is 40.3 Å². The molecule has 18 heteroatoms. The number of esters is 1. The molecule has 1 aliphatic heterocycles. The lowest BCUT2D eigenvalue weighted by atomic mass is 10.1. The number of aromatic carboxylic acids is 1. The summed E-state index contributed by atoms with van der Waals surface area (Å²) >= 11 is 0. The Kier molecular flexibility index (Phi) is 12.2. The number of nitrogens with zero attached hydrogens (tertiary/aromatic N) is 6. The number of carboxylic acid groups (broad SMARTS) is 1. The number of nitriles is 1. The minimum atomic E-state index is -1.28. The standard InChI is InChI=1S/C31H22F3N5O5.C8H8FNO3/c32-23-11-22(44-20-3-5-36-19(10-20)16-43-28-2-1-17(13-35)7-24(28)33)14-37-26(23)12-29-38-30-25(34)8-18(31(40)41)9-27(30)39(29)15-21-4-6-42-21;1-13-8(12)3-7-6(9)2-5(11)4-10-7/h1-3,5,7-11,14,21H,4,6,12,15-16H2,(H,40,41);2,4,11H,3H2,1H3/t21-;/m0./s1. The van der Waals surface area contributed by atoms with Gasteiger partial charge in [-0.1, -0.05) is 0 Å². The lowest BCUT2D eigenvalue weighted by Crippen LogP contribution is -2.31. The molecule has 1 atom stereocenters. The highest BCUT2D eigenvalue weighted by Gasteiger charge is 2.25. The summed E-state index contributed by atoms with van der Waals surface area (Å²) in [6.45, 7) is 0.788. The van der Waals surface area contributed by atoms with Gasteiger partial charge in [0, 0.05) is 31.0 Å². The van der Waals surface area contributed by atoms with Gasteiger partial charge in [-0.05, 0) is 42.8 Å². The second-order valence-electron chi connectivity index (χ2n) is 12.3. The molecule has 292 valence electrons. The number of fused-ring (bicyclic) bond motifs is 1. The molecule has 2 aromatic carbocycles. The molecular formula is C39H30F4N6O8. The number of carbonyl (C=O) groups excluding carboxylic acids is 1. The quantitative estimate of drug-likeness (QED) is 0.105. The second kappa shape index (κ2) is 17.6. The molecule has 1 saturated heterocycles. The van der Waals surface area contributed by atoms with Gasteiger partial charge >= 0.3 is 11.9 Å². The van der Waals surface area contributed by atoms with E-state index in [1.807, 2.05) is 6.07 Å². The number of imidazole rings is 1. The Morgan fingerprint density at radius 1 is 0.947 bits per heavy atom. The molecule has 7 rings (SSSR count). The van der Waals surface area contributed by atoms with E-state index in [4.69, 9.17) is 24.6 Å². The summed E-state index contributed by atoms with van der Waals surface area (Å²) in [5, 5.41) is 27.1. The van der Waals surface area contributed by atoms with Crippen molar-refractivity contribution in [3.8, 4) is 29.1 Å². The van der Waals surface area contributed by atoms with Crippen LogP contribution in [0.5, 0.6) is 23.0 Å². The molecule has 0 radical (unpaired) electrons. The van der Waals surface area contributed by atoms with Crippen molar-refractivity contribution in [3.05, 3.63) is 130 Å². The number of aromatic hydroxyl groups is 1. The first-order valence-corrected chi connectivity index (χ1v) is 16.9.